The van der Waals surface area contributed by atoms with Gasteiger partial charge in [-0.3, -0.25) is 4.79 Å². The molecule has 1 amide bonds. The van der Waals surface area contributed by atoms with E-state index in [0.717, 1.165) is 50.2 Å². The van der Waals surface area contributed by atoms with Crippen molar-refractivity contribution in [3.05, 3.63) is 23.4 Å². The fourth-order valence-corrected chi connectivity index (χ4v) is 4.12. The summed E-state index contributed by atoms with van der Waals surface area (Å²) in [6, 6.07) is 4.25. The summed E-state index contributed by atoms with van der Waals surface area (Å²) in [6.45, 7) is 3.73. The lowest BCUT2D eigenvalue weighted by Gasteiger charge is -2.35. The summed E-state index contributed by atoms with van der Waals surface area (Å²) in [5.41, 5.74) is -0.0474. The molecular formula is C24H34F3N3O3. The van der Waals surface area contributed by atoms with Crippen LogP contribution >= 0.6 is 0 Å². The first-order valence-corrected chi connectivity index (χ1v) is 11.9. The van der Waals surface area contributed by atoms with Gasteiger partial charge in [-0.25, -0.2) is 9.98 Å². The van der Waals surface area contributed by atoms with Gasteiger partial charge >= 0.3 is 6.18 Å². The number of aryl methyl sites for hydroxylation is 2. The molecule has 0 bridgehead atoms. The Hall–Kier alpha value is -2.00. The number of alkyl halides is 3. The van der Waals surface area contributed by atoms with E-state index in [1.165, 1.54) is 11.8 Å². The zero-order valence-electron chi connectivity index (χ0n) is 19.3. The second-order valence-electron chi connectivity index (χ2n) is 8.95. The van der Waals surface area contributed by atoms with Crippen LogP contribution in [0.15, 0.2) is 17.1 Å². The summed E-state index contributed by atoms with van der Waals surface area (Å²) in [7, 11) is 0. The number of halogens is 3. The van der Waals surface area contributed by atoms with Crippen LogP contribution in [0.25, 0.3) is 0 Å². The minimum Gasteiger partial charge on any atom is -0.381 e. The number of nitrogens with one attached hydrogen (secondary N) is 1. The quantitative estimate of drug-likeness (QED) is 0.395. The number of pyridine rings is 1. The Labute approximate surface area is 193 Å². The molecule has 3 heterocycles. The smallest absolute Gasteiger partial charge is 0.381 e. The van der Waals surface area contributed by atoms with Crippen molar-refractivity contribution in [3.8, 4) is 0 Å². The summed E-state index contributed by atoms with van der Waals surface area (Å²) in [5.74, 6) is -0.245. The van der Waals surface area contributed by atoms with Crippen molar-refractivity contribution in [3.63, 3.8) is 0 Å². The third kappa shape index (κ3) is 6.99. The van der Waals surface area contributed by atoms with E-state index in [2.05, 4.69) is 27.4 Å². The molecule has 1 atom stereocenters. The van der Waals surface area contributed by atoms with Crippen molar-refractivity contribution < 1.29 is 27.4 Å². The molecule has 184 valence electrons. The van der Waals surface area contributed by atoms with Gasteiger partial charge in [-0.15, -0.1) is 0 Å². The van der Waals surface area contributed by atoms with Crippen LogP contribution in [0, 0.1) is 11.3 Å². The first kappa shape index (κ1) is 25.6. The monoisotopic (exact) mass is 469 g/mol. The van der Waals surface area contributed by atoms with Gasteiger partial charge in [0, 0.05) is 44.9 Å². The Morgan fingerprint density at radius 1 is 1.30 bits per heavy atom. The van der Waals surface area contributed by atoms with Crippen LogP contribution in [-0.2, 0) is 27.1 Å². The number of anilines is 1. The molecule has 1 aromatic heterocycles. The third-order valence-corrected chi connectivity index (χ3v) is 6.39. The second kappa shape index (κ2) is 11.9. The van der Waals surface area contributed by atoms with Crippen molar-refractivity contribution in [2.75, 3.05) is 38.3 Å². The zero-order chi connectivity index (χ0) is 23.7. The van der Waals surface area contributed by atoms with Crippen LogP contribution in [0.5, 0.6) is 0 Å². The van der Waals surface area contributed by atoms with E-state index in [9.17, 15) is 18.0 Å². The van der Waals surface area contributed by atoms with E-state index < -0.39 is 17.5 Å². The van der Waals surface area contributed by atoms with Crippen LogP contribution in [-0.4, -0.2) is 56.3 Å². The molecule has 1 aromatic rings. The summed E-state index contributed by atoms with van der Waals surface area (Å²) in [5, 5.41) is 3.35. The molecule has 1 unspecified atom stereocenters. The summed E-state index contributed by atoms with van der Waals surface area (Å²) >= 11 is 0. The van der Waals surface area contributed by atoms with Crippen molar-refractivity contribution in [1.29, 1.82) is 0 Å². The number of fused-ring (bicyclic) bond motifs is 1. The summed E-state index contributed by atoms with van der Waals surface area (Å²) < 4.78 is 51.2. The van der Waals surface area contributed by atoms with Gasteiger partial charge in [0.25, 0.3) is 5.91 Å². The second-order valence-corrected chi connectivity index (χ2v) is 8.95. The number of unbranched alkanes of at least 4 members (excludes halogenated alkanes) is 1. The molecule has 1 N–H and O–H groups in total. The highest BCUT2D eigenvalue weighted by molar-refractivity contribution is 5.90. The molecule has 0 aliphatic carbocycles. The Bertz CT molecular complexity index is 808. The molecule has 2 aliphatic heterocycles. The largest absolute Gasteiger partial charge is 0.403 e. The molecule has 1 saturated heterocycles. The van der Waals surface area contributed by atoms with Crippen LogP contribution in [0.1, 0.15) is 56.7 Å². The lowest BCUT2D eigenvalue weighted by atomic mass is 9.78. The van der Waals surface area contributed by atoms with Crippen molar-refractivity contribution in [1.82, 2.24) is 4.98 Å². The van der Waals surface area contributed by atoms with Crippen molar-refractivity contribution in [2.24, 2.45) is 16.3 Å². The molecule has 3 rings (SSSR count). The SMILES string of the molecule is CC(C=NC(=O)C1(C(F)(F)F)CCOCC1)CCOCCCCc1ccc2c(n1)NCCC2. The van der Waals surface area contributed by atoms with Gasteiger partial charge in [0.1, 0.15) is 5.82 Å². The molecule has 0 saturated carbocycles. The summed E-state index contributed by atoms with van der Waals surface area (Å²) in [4.78, 5) is 20.7. The topological polar surface area (TPSA) is 72.8 Å². The predicted molar refractivity (Wildman–Crippen MR) is 121 cm³/mol. The van der Waals surface area contributed by atoms with E-state index >= 15 is 0 Å². The minimum atomic E-state index is -4.62. The number of aromatic nitrogens is 1. The van der Waals surface area contributed by atoms with Gasteiger partial charge in [-0.05, 0) is 68.9 Å². The first-order valence-electron chi connectivity index (χ1n) is 11.9. The third-order valence-electron chi connectivity index (χ3n) is 6.39. The standard InChI is InChI=1S/C24H34F3N3O3/c1-18(17-29-22(31)23(24(25,26)27)10-15-33-16-11-23)9-14-32-13-3-2-6-20-8-7-19-5-4-12-28-21(19)30-20/h7-8,17-18H,2-6,9-16H2,1H3,(H,28,30). The molecule has 6 nitrogen and oxygen atoms in total. The maximum atomic E-state index is 13.5. The van der Waals surface area contributed by atoms with Gasteiger partial charge in [-0.2, -0.15) is 13.2 Å². The molecule has 33 heavy (non-hydrogen) atoms. The Balaban J connectivity index is 1.31. The zero-order valence-corrected chi connectivity index (χ0v) is 19.3. The molecular weight excluding hydrogens is 435 g/mol. The highest BCUT2D eigenvalue weighted by Crippen LogP contribution is 2.46. The van der Waals surface area contributed by atoms with E-state index in [1.54, 1.807) is 0 Å². The average molecular weight is 470 g/mol. The van der Waals surface area contributed by atoms with Crippen molar-refractivity contribution >= 4 is 17.9 Å². The molecule has 0 spiro atoms. The maximum Gasteiger partial charge on any atom is 0.403 e. The van der Waals surface area contributed by atoms with Crippen LogP contribution in [0.2, 0.25) is 0 Å². The highest BCUT2D eigenvalue weighted by atomic mass is 19.4. The summed E-state index contributed by atoms with van der Waals surface area (Å²) in [6.07, 6.45) is 1.56. The number of ether oxygens (including phenoxy) is 2. The first-order chi connectivity index (χ1) is 15.8. The fourth-order valence-electron chi connectivity index (χ4n) is 4.12. The Morgan fingerprint density at radius 2 is 2.09 bits per heavy atom. The van der Waals surface area contributed by atoms with Crippen molar-refractivity contribution in [2.45, 2.75) is 64.5 Å². The normalized spacial score (nSPS) is 19.2. The van der Waals surface area contributed by atoms with Gasteiger partial charge in [-0.1, -0.05) is 13.0 Å². The number of carbonyl (C=O) groups excluding carboxylic acids is 1. The molecule has 0 radical (unpaired) electrons. The van der Waals surface area contributed by atoms with E-state index in [4.69, 9.17) is 9.47 Å². The number of hydrogen-bond donors (Lipinski definition) is 1. The number of aliphatic imine (C=N–C) groups is 1. The van der Waals surface area contributed by atoms with Crippen LogP contribution in [0.3, 0.4) is 0 Å². The Kier molecular flexibility index (Phi) is 9.26. The van der Waals surface area contributed by atoms with Crippen LogP contribution in [0.4, 0.5) is 19.0 Å². The van der Waals surface area contributed by atoms with Crippen LogP contribution < -0.4 is 5.32 Å². The van der Waals surface area contributed by atoms with E-state index in [1.807, 2.05) is 6.92 Å². The Morgan fingerprint density at radius 3 is 2.85 bits per heavy atom. The molecule has 1 fully saturated rings. The lowest BCUT2D eigenvalue weighted by molar-refractivity contribution is -0.238. The predicted octanol–water partition coefficient (Wildman–Crippen LogP) is 4.76. The number of amides is 1. The highest BCUT2D eigenvalue weighted by Gasteiger charge is 2.60. The minimum absolute atomic E-state index is 0.0798. The van der Waals surface area contributed by atoms with Gasteiger partial charge in [0.05, 0.1) is 0 Å². The molecule has 9 heteroatoms. The fraction of sp³-hybridized carbons (Fsp3) is 0.708. The van der Waals surface area contributed by atoms with Gasteiger partial charge in [0.2, 0.25) is 0 Å². The number of rotatable bonds is 10. The van der Waals surface area contributed by atoms with E-state index in [0.29, 0.717) is 19.6 Å². The molecule has 2 aliphatic rings. The van der Waals surface area contributed by atoms with E-state index in [-0.39, 0.29) is 32.0 Å². The maximum absolute atomic E-state index is 13.5. The number of hydrogen-bond acceptors (Lipinski definition) is 5. The number of nitrogens with zero attached hydrogens (tertiary/aromatic N) is 2. The number of carbonyl (C=O) groups is 1. The van der Waals surface area contributed by atoms with Gasteiger partial charge in [0.15, 0.2) is 5.41 Å². The average Bonchev–Trinajstić information content (AvgIpc) is 2.81. The molecule has 0 aromatic carbocycles. The van der Waals surface area contributed by atoms with Gasteiger partial charge < -0.3 is 14.8 Å². The lowest BCUT2D eigenvalue weighted by Crippen LogP contribution is -2.48.